The molecule has 0 atom stereocenters. The van der Waals surface area contributed by atoms with Crippen LogP contribution in [-0.2, 0) is 0 Å². The lowest BCUT2D eigenvalue weighted by molar-refractivity contribution is 0.415. The molecule has 254 valence electrons. The van der Waals surface area contributed by atoms with Crippen LogP contribution in [0.1, 0.15) is 13.8 Å². The Morgan fingerprint density at radius 1 is 0.510 bits per heavy atom. The van der Waals surface area contributed by atoms with E-state index in [0.29, 0.717) is 28.2 Å². The molecular weight excluding hydrogens is 677 g/mol. The van der Waals surface area contributed by atoms with Crippen molar-refractivity contribution in [3.63, 3.8) is 0 Å². The molecule has 0 aliphatic carbocycles. The summed E-state index contributed by atoms with van der Waals surface area (Å²) in [5.41, 5.74) is 6.00. The molecule has 0 amide bonds. The fraction of sp³-hybridized carbons (Fsp3) is 0.119. The molecule has 0 fully saturated rings. The SMILES string of the molecule is CC.COc1cc(N(CN(c2cccc3cc(Cl)ccc23)c2ccnc3cc(Cl)ccc23)c2cc(OC)cc3cccnc23)c2ncccc2c1. The van der Waals surface area contributed by atoms with E-state index in [9.17, 15) is 0 Å². The van der Waals surface area contributed by atoms with Crippen molar-refractivity contribution in [3.8, 4) is 11.5 Å². The van der Waals surface area contributed by atoms with E-state index in [-0.39, 0.29) is 0 Å². The molecule has 0 spiro atoms. The smallest absolute Gasteiger partial charge is 0.121 e. The summed E-state index contributed by atoms with van der Waals surface area (Å²) >= 11 is 13.0. The molecule has 0 saturated heterocycles. The summed E-state index contributed by atoms with van der Waals surface area (Å²) < 4.78 is 11.7. The van der Waals surface area contributed by atoms with Crippen molar-refractivity contribution in [2.45, 2.75) is 13.8 Å². The maximum Gasteiger partial charge on any atom is 0.121 e. The number of fused-ring (bicyclic) bond motifs is 4. The molecule has 3 aromatic heterocycles. The predicted molar refractivity (Wildman–Crippen MR) is 213 cm³/mol. The molecule has 9 heteroatoms. The van der Waals surface area contributed by atoms with E-state index in [2.05, 4.69) is 39.0 Å². The number of rotatable bonds is 8. The van der Waals surface area contributed by atoms with Gasteiger partial charge in [0.25, 0.3) is 0 Å². The molecule has 0 aliphatic heterocycles. The molecule has 0 bridgehead atoms. The Morgan fingerprint density at radius 3 is 1.69 bits per heavy atom. The van der Waals surface area contributed by atoms with E-state index in [1.807, 2.05) is 117 Å². The Hall–Kier alpha value is -5.63. The van der Waals surface area contributed by atoms with Gasteiger partial charge in [-0.05, 0) is 72.1 Å². The molecule has 5 aromatic carbocycles. The van der Waals surface area contributed by atoms with E-state index in [1.54, 1.807) is 14.2 Å². The van der Waals surface area contributed by atoms with E-state index >= 15 is 0 Å². The Morgan fingerprint density at radius 2 is 1.06 bits per heavy atom. The summed E-state index contributed by atoms with van der Waals surface area (Å²) in [6.07, 6.45) is 5.44. The average Bonchev–Trinajstić information content (AvgIpc) is 3.18. The van der Waals surface area contributed by atoms with Gasteiger partial charge in [0, 0.05) is 62.3 Å². The lowest BCUT2D eigenvalue weighted by Crippen LogP contribution is -2.33. The number of anilines is 4. The van der Waals surface area contributed by atoms with Crippen molar-refractivity contribution < 1.29 is 9.47 Å². The van der Waals surface area contributed by atoms with Crippen LogP contribution in [0.3, 0.4) is 0 Å². The zero-order valence-corrected chi connectivity index (χ0v) is 30.2. The summed E-state index contributed by atoms with van der Waals surface area (Å²) in [6.45, 7) is 4.33. The van der Waals surface area contributed by atoms with Crippen LogP contribution in [-0.4, -0.2) is 35.8 Å². The third kappa shape index (κ3) is 6.54. The van der Waals surface area contributed by atoms with Crippen molar-refractivity contribution in [3.05, 3.63) is 138 Å². The van der Waals surface area contributed by atoms with Crippen LogP contribution >= 0.6 is 23.2 Å². The van der Waals surface area contributed by atoms with Crippen LogP contribution in [0.4, 0.5) is 22.7 Å². The van der Waals surface area contributed by atoms with Gasteiger partial charge in [0.2, 0.25) is 0 Å². The van der Waals surface area contributed by atoms with E-state index in [1.165, 1.54) is 0 Å². The lowest BCUT2D eigenvalue weighted by Gasteiger charge is -2.35. The summed E-state index contributed by atoms with van der Waals surface area (Å²) in [6, 6.07) is 36.0. The second-order valence-electron chi connectivity index (χ2n) is 11.6. The van der Waals surface area contributed by atoms with Gasteiger partial charge in [-0.2, -0.15) is 0 Å². The van der Waals surface area contributed by atoms with Gasteiger partial charge in [-0.3, -0.25) is 15.0 Å². The Bertz CT molecular complexity index is 2350. The minimum absolute atomic E-state index is 0.334. The zero-order valence-electron chi connectivity index (χ0n) is 28.6. The number of aromatic nitrogens is 3. The molecule has 0 unspecified atom stereocenters. The molecule has 3 heterocycles. The first-order chi connectivity index (χ1) is 25.0. The molecule has 8 aromatic rings. The van der Waals surface area contributed by atoms with Gasteiger partial charge < -0.3 is 19.3 Å². The molecule has 8 rings (SSSR count). The highest BCUT2D eigenvalue weighted by molar-refractivity contribution is 6.31. The van der Waals surface area contributed by atoms with Gasteiger partial charge in [-0.15, -0.1) is 0 Å². The van der Waals surface area contributed by atoms with Crippen molar-refractivity contribution in [1.82, 2.24) is 15.0 Å². The second-order valence-corrected chi connectivity index (χ2v) is 12.4. The first-order valence-corrected chi connectivity index (χ1v) is 17.4. The first-order valence-electron chi connectivity index (χ1n) is 16.6. The maximum atomic E-state index is 6.49. The van der Waals surface area contributed by atoms with Gasteiger partial charge in [0.1, 0.15) is 18.2 Å². The molecule has 51 heavy (non-hydrogen) atoms. The first kappa shape index (κ1) is 33.8. The molecular formula is C42H35Cl2N5O2. The second kappa shape index (κ2) is 14.7. The molecule has 0 saturated carbocycles. The number of hydrogen-bond acceptors (Lipinski definition) is 7. The van der Waals surface area contributed by atoms with Crippen LogP contribution < -0.4 is 19.3 Å². The molecule has 0 aliphatic rings. The molecule has 7 nitrogen and oxygen atoms in total. The zero-order chi connectivity index (χ0) is 35.5. The standard InChI is InChI=1S/C40H29Cl2N5O2.C2H6/c1-48-30-19-26-7-4-15-44-39(26)37(22-30)47(38-23-31(49-2)20-27-8-5-16-45-40(27)38)24-46(35-9-3-6-25-18-28(41)10-12-32(25)35)36-14-17-43-34-21-29(42)11-13-33(34)36;1-2/h3-23H,24H2,1-2H3;1-2H3. The Kier molecular flexibility index (Phi) is 9.75. The van der Waals surface area contributed by atoms with Gasteiger partial charge in [-0.1, -0.05) is 67.4 Å². The predicted octanol–water partition coefficient (Wildman–Crippen LogP) is 11.8. The van der Waals surface area contributed by atoms with Crippen molar-refractivity contribution >= 4 is 89.4 Å². The molecule has 0 radical (unpaired) electrons. The lowest BCUT2D eigenvalue weighted by atomic mass is 10.1. The summed E-state index contributed by atoms with van der Waals surface area (Å²) in [5, 5.41) is 6.17. The number of halogens is 2. The topological polar surface area (TPSA) is 63.6 Å². The number of nitrogens with zero attached hydrogens (tertiary/aromatic N) is 5. The van der Waals surface area contributed by atoms with Gasteiger partial charge in [0.05, 0.1) is 53.5 Å². The largest absolute Gasteiger partial charge is 0.497 e. The molecule has 0 N–H and O–H groups in total. The highest BCUT2D eigenvalue weighted by Crippen LogP contribution is 2.43. The number of methoxy groups -OCH3 is 2. The van der Waals surface area contributed by atoms with Crippen LogP contribution in [0.2, 0.25) is 10.0 Å². The van der Waals surface area contributed by atoms with Gasteiger partial charge in [0.15, 0.2) is 0 Å². The minimum Gasteiger partial charge on any atom is -0.497 e. The fourth-order valence-electron chi connectivity index (χ4n) is 6.46. The third-order valence-corrected chi connectivity index (χ3v) is 9.21. The number of benzene rings is 5. The highest BCUT2D eigenvalue weighted by atomic mass is 35.5. The van der Waals surface area contributed by atoms with E-state index in [4.69, 9.17) is 42.6 Å². The maximum absolute atomic E-state index is 6.49. The third-order valence-electron chi connectivity index (χ3n) is 8.74. The van der Waals surface area contributed by atoms with Crippen molar-refractivity contribution in [2.24, 2.45) is 0 Å². The Balaban J connectivity index is 0.00000200. The van der Waals surface area contributed by atoms with Gasteiger partial charge in [-0.25, -0.2) is 0 Å². The van der Waals surface area contributed by atoms with Crippen LogP contribution in [0.25, 0.3) is 43.5 Å². The number of pyridine rings is 3. The summed E-state index contributed by atoms with van der Waals surface area (Å²) in [7, 11) is 3.35. The van der Waals surface area contributed by atoms with Crippen LogP contribution in [0, 0.1) is 0 Å². The number of hydrogen-bond donors (Lipinski definition) is 0. The normalized spacial score (nSPS) is 11.0. The fourth-order valence-corrected chi connectivity index (χ4v) is 6.81. The summed E-state index contributed by atoms with van der Waals surface area (Å²) in [4.78, 5) is 19.0. The van der Waals surface area contributed by atoms with E-state index < -0.39 is 0 Å². The highest BCUT2D eigenvalue weighted by Gasteiger charge is 2.25. The minimum atomic E-state index is 0.334. The summed E-state index contributed by atoms with van der Waals surface area (Å²) in [5.74, 6) is 1.41. The monoisotopic (exact) mass is 711 g/mol. The average molecular weight is 713 g/mol. The Labute approximate surface area is 306 Å². The quantitative estimate of drug-likeness (QED) is 0.145. The van der Waals surface area contributed by atoms with E-state index in [0.717, 1.165) is 66.2 Å². The number of ether oxygens (including phenoxy) is 2. The van der Waals surface area contributed by atoms with Crippen molar-refractivity contribution in [1.29, 1.82) is 0 Å². The van der Waals surface area contributed by atoms with Gasteiger partial charge >= 0.3 is 0 Å². The van der Waals surface area contributed by atoms with Crippen LogP contribution in [0.15, 0.2) is 128 Å². The van der Waals surface area contributed by atoms with Crippen molar-refractivity contribution in [2.75, 3.05) is 30.7 Å². The van der Waals surface area contributed by atoms with Crippen LogP contribution in [0.5, 0.6) is 11.5 Å².